The fourth-order valence-corrected chi connectivity index (χ4v) is 1.60. The van der Waals surface area contributed by atoms with Gasteiger partial charge in [0.25, 0.3) is 10.0 Å². The second kappa shape index (κ2) is 6.83. The number of hydrogen-bond acceptors (Lipinski definition) is 5. The van der Waals surface area contributed by atoms with Gasteiger partial charge in [-0.15, -0.1) is 0 Å². The van der Waals surface area contributed by atoms with E-state index in [1.807, 2.05) is 0 Å². The van der Waals surface area contributed by atoms with Crippen LogP contribution >= 0.6 is 0 Å². The molecule has 0 spiro atoms. The van der Waals surface area contributed by atoms with Gasteiger partial charge >= 0.3 is 30.2 Å². The van der Waals surface area contributed by atoms with Crippen LogP contribution in [0.25, 0.3) is 0 Å². The molecule has 25 heavy (non-hydrogen) atoms. The van der Waals surface area contributed by atoms with Crippen molar-refractivity contribution < 1.29 is 67.0 Å². The van der Waals surface area contributed by atoms with E-state index in [1.165, 1.54) is 0 Å². The number of ether oxygens (including phenoxy) is 1. The van der Waals surface area contributed by atoms with Crippen molar-refractivity contribution in [3.63, 3.8) is 0 Å². The Labute approximate surface area is 131 Å². The molecular weight excluding hydrogens is 412 g/mol. The summed E-state index contributed by atoms with van der Waals surface area (Å²) in [7, 11) is -5.35. The van der Waals surface area contributed by atoms with Crippen molar-refractivity contribution in [2.45, 2.75) is 24.2 Å². The highest BCUT2D eigenvalue weighted by molar-refractivity contribution is 7.90. The van der Waals surface area contributed by atoms with Crippen molar-refractivity contribution in [2.75, 3.05) is 12.4 Å². The van der Waals surface area contributed by atoms with Gasteiger partial charge in [0, 0.05) is 0 Å². The highest BCUT2D eigenvalue weighted by Gasteiger charge is 2.77. The Kier molecular flexibility index (Phi) is 6.34. The van der Waals surface area contributed by atoms with Gasteiger partial charge in [0.1, 0.15) is 12.4 Å². The molecule has 0 radical (unpaired) electrons. The number of alkyl halides is 10. The summed E-state index contributed by atoms with van der Waals surface area (Å²) in [5.41, 5.74) is 0. The standard InChI is InChI=1S/C8H5F10NO5S/c9-5(10,7(14,15)8(16,17)18)4(21)24-1-2-25(22,23)19-3(20)6(11,12)13/h1-2H2,(H,19,20)/p-1. The minimum atomic E-state index is -6.87. The number of sulfonamides is 1. The maximum Gasteiger partial charge on any atom is 0.460 e. The number of rotatable bonds is 6. The molecule has 0 heterocycles. The van der Waals surface area contributed by atoms with Gasteiger partial charge in [-0.05, 0) is 0 Å². The molecule has 17 heteroatoms. The molecule has 6 nitrogen and oxygen atoms in total. The number of hydrogen-bond donors (Lipinski definition) is 0. The highest BCUT2D eigenvalue weighted by Crippen LogP contribution is 2.46. The third kappa shape index (κ3) is 5.60. The van der Waals surface area contributed by atoms with Crippen LogP contribution < -0.4 is 5.11 Å². The Morgan fingerprint density at radius 3 is 1.76 bits per heavy atom. The molecule has 0 bridgehead atoms. The molecule has 0 amide bonds. The molecule has 0 rings (SSSR count). The molecule has 0 unspecified atom stereocenters. The molecule has 0 aromatic carbocycles. The van der Waals surface area contributed by atoms with E-state index in [9.17, 15) is 62.2 Å². The minimum Gasteiger partial charge on any atom is -0.855 e. The number of carbonyl (C=O) groups excluding carboxylic acids is 1. The molecule has 0 N–H and O–H groups in total. The molecule has 0 aromatic heterocycles. The first-order chi connectivity index (χ1) is 10.8. The third-order valence-corrected chi connectivity index (χ3v) is 3.17. The summed E-state index contributed by atoms with van der Waals surface area (Å²) in [6.45, 7) is -1.88. The summed E-state index contributed by atoms with van der Waals surface area (Å²) in [6, 6.07) is 0. The Bertz CT molecular complexity index is 635. The van der Waals surface area contributed by atoms with Crippen LogP contribution in [0.5, 0.6) is 0 Å². The van der Waals surface area contributed by atoms with E-state index < -0.39 is 58.4 Å². The Hall–Kier alpha value is -1.81. The summed E-state index contributed by atoms with van der Waals surface area (Å²) < 4.78 is 148. The van der Waals surface area contributed by atoms with Gasteiger partial charge in [-0.25, -0.2) is 13.2 Å². The molecule has 0 aromatic rings. The van der Waals surface area contributed by atoms with Gasteiger partial charge in [-0.1, -0.05) is 0 Å². The van der Waals surface area contributed by atoms with Crippen molar-refractivity contribution in [1.82, 2.24) is 0 Å². The molecule has 0 saturated carbocycles. The van der Waals surface area contributed by atoms with Crippen molar-refractivity contribution >= 4 is 21.9 Å². The van der Waals surface area contributed by atoms with Crippen molar-refractivity contribution in [3.8, 4) is 0 Å². The van der Waals surface area contributed by atoms with Crippen LogP contribution in [0.15, 0.2) is 4.40 Å². The van der Waals surface area contributed by atoms with Crippen LogP contribution in [0.4, 0.5) is 43.9 Å². The van der Waals surface area contributed by atoms with Crippen molar-refractivity contribution in [1.29, 1.82) is 0 Å². The van der Waals surface area contributed by atoms with Crippen LogP contribution in [0.3, 0.4) is 0 Å². The molecule has 0 aliphatic carbocycles. The summed E-state index contributed by atoms with van der Waals surface area (Å²) in [4.78, 5) is 10.6. The zero-order chi connectivity index (χ0) is 20.5. The smallest absolute Gasteiger partial charge is 0.460 e. The van der Waals surface area contributed by atoms with Gasteiger partial charge in [-0.2, -0.15) is 48.3 Å². The third-order valence-electron chi connectivity index (χ3n) is 2.05. The predicted octanol–water partition coefficient (Wildman–Crippen LogP) is 1.01. The average Bonchev–Trinajstić information content (AvgIpc) is 2.34. The van der Waals surface area contributed by atoms with E-state index in [0.29, 0.717) is 0 Å². The first-order valence-electron chi connectivity index (χ1n) is 5.32. The SMILES string of the molecule is O=C(OCCS(=O)(=O)/N=C(\[O-])C(F)(F)F)C(F)(F)C(F)(F)C(F)(F)F. The van der Waals surface area contributed by atoms with Gasteiger partial charge in [0.05, 0.1) is 5.90 Å². The van der Waals surface area contributed by atoms with E-state index in [2.05, 4.69) is 4.74 Å². The topological polar surface area (TPSA) is 95.9 Å². The lowest BCUT2D eigenvalue weighted by atomic mass is 10.1. The van der Waals surface area contributed by atoms with Gasteiger partial charge in [0.2, 0.25) is 0 Å². The van der Waals surface area contributed by atoms with Crippen LogP contribution in [-0.2, 0) is 19.6 Å². The fraction of sp³-hybridized carbons (Fsp3) is 0.750. The van der Waals surface area contributed by atoms with Crippen LogP contribution in [0.2, 0.25) is 0 Å². The van der Waals surface area contributed by atoms with E-state index in [4.69, 9.17) is 0 Å². The first-order valence-corrected chi connectivity index (χ1v) is 6.93. The largest absolute Gasteiger partial charge is 0.855 e. The minimum absolute atomic E-state index is 1.63. The number of carbonyl (C=O) groups is 1. The lowest BCUT2D eigenvalue weighted by molar-refractivity contribution is -0.348. The molecule has 0 aliphatic rings. The summed E-state index contributed by atoms with van der Waals surface area (Å²) in [6.07, 6.45) is -12.6. The second-order valence-corrected chi connectivity index (χ2v) is 5.72. The molecule has 0 fully saturated rings. The van der Waals surface area contributed by atoms with Crippen LogP contribution in [0, 0.1) is 0 Å². The van der Waals surface area contributed by atoms with Gasteiger partial charge in [0.15, 0.2) is 0 Å². The van der Waals surface area contributed by atoms with E-state index in [-0.39, 0.29) is 0 Å². The first kappa shape index (κ1) is 23.2. The quantitative estimate of drug-likeness (QED) is 0.279. The van der Waals surface area contributed by atoms with Crippen molar-refractivity contribution in [3.05, 3.63) is 0 Å². The summed E-state index contributed by atoms with van der Waals surface area (Å²) in [5, 5.41) is 10.3. The van der Waals surface area contributed by atoms with Crippen LogP contribution in [-0.4, -0.2) is 56.8 Å². The second-order valence-electron chi connectivity index (χ2n) is 3.96. The molecule has 0 aliphatic heterocycles. The Morgan fingerprint density at radius 2 is 1.40 bits per heavy atom. The zero-order valence-corrected chi connectivity index (χ0v) is 11.9. The Morgan fingerprint density at radius 1 is 0.960 bits per heavy atom. The normalized spacial score (nSPS) is 15.2. The summed E-state index contributed by atoms with van der Waals surface area (Å²) >= 11 is 0. The van der Waals surface area contributed by atoms with E-state index >= 15 is 0 Å². The number of nitrogens with zero attached hydrogens (tertiary/aromatic N) is 1. The molecular formula is C8H4F10NO5S-. The average molecular weight is 416 g/mol. The Balaban J connectivity index is 5.04. The summed E-state index contributed by atoms with van der Waals surface area (Å²) in [5.74, 6) is -21.8. The zero-order valence-electron chi connectivity index (χ0n) is 11.1. The lowest BCUT2D eigenvalue weighted by Gasteiger charge is -2.26. The van der Waals surface area contributed by atoms with E-state index in [0.717, 1.165) is 0 Å². The molecule has 0 saturated heterocycles. The monoisotopic (exact) mass is 416 g/mol. The highest BCUT2D eigenvalue weighted by atomic mass is 32.2. The van der Waals surface area contributed by atoms with E-state index in [1.54, 1.807) is 4.40 Å². The lowest BCUT2D eigenvalue weighted by Crippen LogP contribution is -2.56. The van der Waals surface area contributed by atoms with Crippen LogP contribution in [0.1, 0.15) is 0 Å². The number of esters is 1. The number of halogens is 10. The van der Waals surface area contributed by atoms with Gasteiger partial charge < -0.3 is 9.84 Å². The molecule has 0 atom stereocenters. The maximum atomic E-state index is 12.8. The predicted molar refractivity (Wildman–Crippen MR) is 54.2 cm³/mol. The fourth-order valence-electron chi connectivity index (χ4n) is 0.860. The molecule has 148 valence electrons. The van der Waals surface area contributed by atoms with Crippen molar-refractivity contribution in [2.24, 2.45) is 4.40 Å². The maximum absolute atomic E-state index is 12.8. The van der Waals surface area contributed by atoms with Gasteiger partial charge in [-0.3, -0.25) is 0 Å².